The molecule has 0 aliphatic rings. The molecule has 0 aliphatic carbocycles. The molecule has 1 aromatic carbocycles. The van der Waals surface area contributed by atoms with Crippen LogP contribution < -0.4 is 10.0 Å². The highest BCUT2D eigenvalue weighted by molar-refractivity contribution is 7.89. The monoisotopic (exact) mass is 280 g/mol. The summed E-state index contributed by atoms with van der Waals surface area (Å²) < 4.78 is 26.6. The molecular formula is C12H16N4O2S. The molecule has 0 amide bonds. The second-order valence-electron chi connectivity index (χ2n) is 3.96. The van der Waals surface area contributed by atoms with E-state index in [1.54, 1.807) is 30.5 Å². The van der Waals surface area contributed by atoms with E-state index in [9.17, 15) is 8.42 Å². The van der Waals surface area contributed by atoms with E-state index in [0.717, 1.165) is 12.2 Å². The molecule has 2 rings (SSSR count). The average molecular weight is 280 g/mol. The summed E-state index contributed by atoms with van der Waals surface area (Å²) in [5.74, 6) is 0. The smallest absolute Gasteiger partial charge is 0.240 e. The molecule has 0 fully saturated rings. The Morgan fingerprint density at radius 1 is 1.26 bits per heavy atom. The average Bonchev–Trinajstić information content (AvgIpc) is 2.91. The van der Waals surface area contributed by atoms with Gasteiger partial charge in [0.2, 0.25) is 10.0 Å². The van der Waals surface area contributed by atoms with Crippen LogP contribution in [0.4, 0.5) is 5.69 Å². The molecule has 0 aliphatic heterocycles. The molecule has 0 spiro atoms. The maximum Gasteiger partial charge on any atom is 0.240 e. The van der Waals surface area contributed by atoms with Gasteiger partial charge in [0.05, 0.1) is 17.8 Å². The van der Waals surface area contributed by atoms with Gasteiger partial charge in [-0.1, -0.05) is 0 Å². The summed E-state index contributed by atoms with van der Waals surface area (Å²) in [5.41, 5.74) is 1.61. The molecule has 0 radical (unpaired) electrons. The van der Waals surface area contributed by atoms with Crippen LogP contribution in [0.2, 0.25) is 0 Å². The normalized spacial score (nSPS) is 11.4. The van der Waals surface area contributed by atoms with Crippen molar-refractivity contribution in [2.75, 3.05) is 11.9 Å². The topological polar surface area (TPSA) is 86.9 Å². The summed E-state index contributed by atoms with van der Waals surface area (Å²) in [6.07, 6.45) is 3.09. The van der Waals surface area contributed by atoms with Crippen molar-refractivity contribution in [3.8, 4) is 0 Å². The first-order valence-corrected chi connectivity index (χ1v) is 7.41. The number of H-pyrrole nitrogens is 1. The lowest BCUT2D eigenvalue weighted by Gasteiger charge is -2.07. The maximum atomic E-state index is 12.0. The van der Waals surface area contributed by atoms with Crippen LogP contribution in [-0.4, -0.2) is 24.9 Å². The number of imidazole rings is 1. The first-order valence-electron chi connectivity index (χ1n) is 5.92. The Hall–Kier alpha value is -1.86. The van der Waals surface area contributed by atoms with E-state index < -0.39 is 10.0 Å². The van der Waals surface area contributed by atoms with Gasteiger partial charge >= 0.3 is 0 Å². The Morgan fingerprint density at radius 2 is 2.00 bits per heavy atom. The third-order valence-corrected chi connectivity index (χ3v) is 3.97. The molecule has 7 heteroatoms. The molecule has 0 saturated carbocycles. The van der Waals surface area contributed by atoms with Gasteiger partial charge in [0.25, 0.3) is 0 Å². The van der Waals surface area contributed by atoms with E-state index in [0.29, 0.717) is 5.69 Å². The molecular weight excluding hydrogens is 264 g/mol. The van der Waals surface area contributed by atoms with Crippen LogP contribution in [0.3, 0.4) is 0 Å². The number of hydrogen-bond acceptors (Lipinski definition) is 4. The zero-order valence-corrected chi connectivity index (χ0v) is 11.4. The minimum atomic E-state index is -3.49. The molecule has 0 atom stereocenters. The molecule has 19 heavy (non-hydrogen) atoms. The lowest BCUT2D eigenvalue weighted by molar-refractivity contribution is 0.580. The highest BCUT2D eigenvalue weighted by atomic mass is 32.2. The lowest BCUT2D eigenvalue weighted by Crippen LogP contribution is -2.23. The van der Waals surface area contributed by atoms with Gasteiger partial charge in [-0.05, 0) is 31.2 Å². The number of aromatic amines is 1. The summed E-state index contributed by atoms with van der Waals surface area (Å²) in [5, 5.41) is 3.11. The summed E-state index contributed by atoms with van der Waals surface area (Å²) in [7, 11) is -3.49. The third kappa shape index (κ3) is 3.55. The molecule has 1 aromatic heterocycles. The Morgan fingerprint density at radius 3 is 2.58 bits per heavy atom. The standard InChI is InChI=1S/C12H16N4O2S/c1-2-14-10-3-5-12(6-4-10)19(17,18)16-8-11-7-13-9-15-11/h3-7,9,14,16H,2,8H2,1H3,(H,13,15). The number of sulfonamides is 1. The summed E-state index contributed by atoms with van der Waals surface area (Å²) >= 11 is 0. The fourth-order valence-corrected chi connectivity index (χ4v) is 2.60. The number of anilines is 1. The van der Waals surface area contributed by atoms with Gasteiger partial charge < -0.3 is 10.3 Å². The number of rotatable bonds is 6. The Balaban J connectivity index is 2.06. The Labute approximate surface area is 112 Å². The van der Waals surface area contributed by atoms with Gasteiger partial charge in [0.15, 0.2) is 0 Å². The van der Waals surface area contributed by atoms with E-state index in [2.05, 4.69) is 20.0 Å². The Bertz CT molecular complexity index is 606. The number of benzene rings is 1. The van der Waals surface area contributed by atoms with Crippen molar-refractivity contribution >= 4 is 15.7 Å². The molecule has 2 aromatic rings. The van der Waals surface area contributed by atoms with Crippen LogP contribution in [0, 0.1) is 0 Å². The molecule has 0 saturated heterocycles. The Kier molecular flexibility index (Phi) is 4.18. The molecule has 0 bridgehead atoms. The third-order valence-electron chi connectivity index (χ3n) is 2.55. The predicted octanol–water partition coefficient (Wildman–Crippen LogP) is 1.32. The zero-order chi connectivity index (χ0) is 13.7. The highest BCUT2D eigenvalue weighted by Gasteiger charge is 2.13. The van der Waals surface area contributed by atoms with Gasteiger partial charge in [-0.3, -0.25) is 0 Å². The quantitative estimate of drug-likeness (QED) is 0.745. The van der Waals surface area contributed by atoms with Crippen LogP contribution >= 0.6 is 0 Å². The second-order valence-corrected chi connectivity index (χ2v) is 5.72. The van der Waals surface area contributed by atoms with Gasteiger partial charge in [-0.2, -0.15) is 0 Å². The number of nitrogens with one attached hydrogen (secondary N) is 3. The predicted molar refractivity (Wildman–Crippen MR) is 73.2 cm³/mol. The molecule has 3 N–H and O–H groups in total. The van der Waals surface area contributed by atoms with Crippen LogP contribution in [0.5, 0.6) is 0 Å². The first-order chi connectivity index (χ1) is 9.12. The summed E-state index contributed by atoms with van der Waals surface area (Å²) in [6, 6.07) is 6.64. The largest absolute Gasteiger partial charge is 0.385 e. The van der Waals surface area contributed by atoms with Crippen molar-refractivity contribution in [1.29, 1.82) is 0 Å². The van der Waals surface area contributed by atoms with Crippen molar-refractivity contribution in [1.82, 2.24) is 14.7 Å². The number of aromatic nitrogens is 2. The van der Waals surface area contributed by atoms with E-state index in [4.69, 9.17) is 0 Å². The van der Waals surface area contributed by atoms with Crippen molar-refractivity contribution in [2.24, 2.45) is 0 Å². The van der Waals surface area contributed by atoms with Crippen LogP contribution in [0.1, 0.15) is 12.6 Å². The molecule has 1 heterocycles. The SMILES string of the molecule is CCNc1ccc(S(=O)(=O)NCc2cnc[nH]2)cc1. The minimum Gasteiger partial charge on any atom is -0.385 e. The van der Waals surface area contributed by atoms with Gasteiger partial charge in [0, 0.05) is 24.1 Å². The number of nitrogens with zero attached hydrogens (tertiary/aromatic N) is 1. The van der Waals surface area contributed by atoms with E-state index in [1.165, 1.54) is 6.33 Å². The molecule has 6 nitrogen and oxygen atoms in total. The van der Waals surface area contributed by atoms with E-state index in [1.807, 2.05) is 6.92 Å². The van der Waals surface area contributed by atoms with Crippen molar-refractivity contribution in [2.45, 2.75) is 18.4 Å². The van der Waals surface area contributed by atoms with Crippen LogP contribution in [0.25, 0.3) is 0 Å². The summed E-state index contributed by atoms with van der Waals surface area (Å²) in [4.78, 5) is 6.91. The van der Waals surface area contributed by atoms with E-state index >= 15 is 0 Å². The van der Waals surface area contributed by atoms with Crippen molar-refractivity contribution < 1.29 is 8.42 Å². The fraction of sp³-hybridized carbons (Fsp3) is 0.250. The van der Waals surface area contributed by atoms with Crippen LogP contribution in [0.15, 0.2) is 41.7 Å². The van der Waals surface area contributed by atoms with Gasteiger partial charge in [-0.25, -0.2) is 18.1 Å². The molecule has 102 valence electrons. The maximum absolute atomic E-state index is 12.0. The van der Waals surface area contributed by atoms with Gasteiger partial charge in [0.1, 0.15) is 0 Å². The lowest BCUT2D eigenvalue weighted by atomic mass is 10.3. The van der Waals surface area contributed by atoms with Crippen LogP contribution in [-0.2, 0) is 16.6 Å². The highest BCUT2D eigenvalue weighted by Crippen LogP contribution is 2.14. The first kappa shape index (κ1) is 13.6. The zero-order valence-electron chi connectivity index (χ0n) is 10.6. The van der Waals surface area contributed by atoms with E-state index in [-0.39, 0.29) is 11.4 Å². The summed E-state index contributed by atoms with van der Waals surface area (Å²) in [6.45, 7) is 2.97. The fourth-order valence-electron chi connectivity index (χ4n) is 1.59. The van der Waals surface area contributed by atoms with Crippen molar-refractivity contribution in [3.05, 3.63) is 42.5 Å². The van der Waals surface area contributed by atoms with Gasteiger partial charge in [-0.15, -0.1) is 0 Å². The minimum absolute atomic E-state index is 0.192. The molecule has 0 unspecified atom stereocenters. The second kappa shape index (κ2) is 5.85. The number of hydrogen-bond donors (Lipinski definition) is 3. The van der Waals surface area contributed by atoms with Crippen molar-refractivity contribution in [3.63, 3.8) is 0 Å².